The Bertz CT molecular complexity index is 268. The van der Waals surface area contributed by atoms with Crippen LogP contribution in [0, 0.1) is 0 Å². The van der Waals surface area contributed by atoms with Gasteiger partial charge in [0, 0.05) is 25.2 Å². The van der Waals surface area contributed by atoms with Gasteiger partial charge >= 0.3 is 6.09 Å². The van der Waals surface area contributed by atoms with Crippen LogP contribution in [0.5, 0.6) is 0 Å². The van der Waals surface area contributed by atoms with Crippen molar-refractivity contribution >= 4 is 6.09 Å². The first kappa shape index (κ1) is 16.2. The zero-order chi connectivity index (χ0) is 14.3. The molecule has 112 valence electrons. The van der Waals surface area contributed by atoms with Gasteiger partial charge < -0.3 is 20.7 Å². The van der Waals surface area contributed by atoms with Crippen LogP contribution in [-0.4, -0.2) is 43.9 Å². The third kappa shape index (κ3) is 7.38. The highest BCUT2D eigenvalue weighted by atomic mass is 16.6. The molecule has 0 aromatic rings. The molecule has 3 N–H and O–H groups in total. The van der Waals surface area contributed by atoms with E-state index in [-0.39, 0.29) is 12.1 Å². The van der Waals surface area contributed by atoms with E-state index in [4.69, 9.17) is 4.74 Å². The van der Waals surface area contributed by atoms with Crippen molar-refractivity contribution in [1.29, 1.82) is 0 Å². The van der Waals surface area contributed by atoms with E-state index in [0.29, 0.717) is 6.04 Å². The third-order valence-corrected chi connectivity index (χ3v) is 3.26. The van der Waals surface area contributed by atoms with Crippen molar-refractivity contribution < 1.29 is 9.53 Å². The number of rotatable bonds is 5. The normalized spacial score (nSPS) is 24.0. The van der Waals surface area contributed by atoms with Crippen LogP contribution in [-0.2, 0) is 4.74 Å². The average molecular weight is 271 g/mol. The molecule has 0 saturated heterocycles. The summed E-state index contributed by atoms with van der Waals surface area (Å²) in [4.78, 5) is 11.7. The van der Waals surface area contributed by atoms with E-state index >= 15 is 0 Å². The summed E-state index contributed by atoms with van der Waals surface area (Å²) in [5.41, 5.74) is -0.421. The third-order valence-electron chi connectivity index (χ3n) is 3.26. The highest BCUT2D eigenvalue weighted by Gasteiger charge is 2.24. The highest BCUT2D eigenvalue weighted by molar-refractivity contribution is 5.68. The van der Waals surface area contributed by atoms with Gasteiger partial charge in [-0.2, -0.15) is 0 Å². The minimum atomic E-state index is -0.421. The Morgan fingerprint density at radius 2 is 1.68 bits per heavy atom. The minimum Gasteiger partial charge on any atom is -0.444 e. The van der Waals surface area contributed by atoms with Crippen molar-refractivity contribution in [2.75, 3.05) is 20.1 Å². The van der Waals surface area contributed by atoms with Gasteiger partial charge in [-0.3, -0.25) is 0 Å². The van der Waals surface area contributed by atoms with Crippen LogP contribution in [0.4, 0.5) is 4.79 Å². The topological polar surface area (TPSA) is 62.4 Å². The highest BCUT2D eigenvalue weighted by Crippen LogP contribution is 2.19. The van der Waals surface area contributed by atoms with E-state index in [2.05, 4.69) is 16.0 Å². The minimum absolute atomic E-state index is 0.261. The van der Waals surface area contributed by atoms with E-state index in [1.54, 1.807) is 0 Å². The van der Waals surface area contributed by atoms with Gasteiger partial charge in [0.2, 0.25) is 0 Å². The number of nitrogens with one attached hydrogen (secondary N) is 3. The van der Waals surface area contributed by atoms with E-state index < -0.39 is 5.60 Å². The van der Waals surface area contributed by atoms with Crippen molar-refractivity contribution in [3.05, 3.63) is 0 Å². The van der Waals surface area contributed by atoms with E-state index in [1.807, 2.05) is 27.8 Å². The van der Waals surface area contributed by atoms with Crippen LogP contribution in [0.2, 0.25) is 0 Å². The Kier molecular flexibility index (Phi) is 6.58. The second-order valence-corrected chi connectivity index (χ2v) is 6.25. The van der Waals surface area contributed by atoms with Crippen LogP contribution in [0.15, 0.2) is 0 Å². The molecule has 0 aromatic heterocycles. The maximum Gasteiger partial charge on any atom is 0.407 e. The summed E-state index contributed by atoms with van der Waals surface area (Å²) in [6, 6.07) is 0.849. The van der Waals surface area contributed by atoms with Gasteiger partial charge in [0.25, 0.3) is 0 Å². The van der Waals surface area contributed by atoms with Gasteiger partial charge in [0.05, 0.1) is 0 Å². The molecule has 1 aliphatic rings. The second kappa shape index (κ2) is 7.70. The molecule has 0 spiro atoms. The SMILES string of the molecule is CNCCNC1CCC(NC(=O)OC(C)(C)C)CC1. The molecule has 19 heavy (non-hydrogen) atoms. The first-order valence-corrected chi connectivity index (χ1v) is 7.28. The molecule has 1 amide bonds. The first-order valence-electron chi connectivity index (χ1n) is 7.28. The van der Waals surface area contributed by atoms with E-state index in [1.165, 1.54) is 0 Å². The summed E-state index contributed by atoms with van der Waals surface area (Å²) in [6.45, 7) is 7.65. The van der Waals surface area contributed by atoms with Crippen LogP contribution in [0.1, 0.15) is 46.5 Å². The molecule has 5 heteroatoms. The smallest absolute Gasteiger partial charge is 0.407 e. The van der Waals surface area contributed by atoms with Gasteiger partial charge in [-0.15, -0.1) is 0 Å². The molecule has 0 bridgehead atoms. The lowest BCUT2D eigenvalue weighted by Gasteiger charge is -2.30. The molecule has 0 atom stereocenters. The van der Waals surface area contributed by atoms with Crippen LogP contribution >= 0.6 is 0 Å². The Balaban J connectivity index is 2.17. The Morgan fingerprint density at radius 3 is 2.21 bits per heavy atom. The number of alkyl carbamates (subject to hydrolysis) is 1. The predicted octanol–water partition coefficient (Wildman–Crippen LogP) is 1.63. The maximum atomic E-state index is 11.7. The van der Waals surface area contributed by atoms with Crippen molar-refractivity contribution in [2.45, 2.75) is 64.1 Å². The number of hydrogen-bond acceptors (Lipinski definition) is 4. The summed E-state index contributed by atoms with van der Waals surface area (Å²) >= 11 is 0. The number of hydrogen-bond donors (Lipinski definition) is 3. The molecular weight excluding hydrogens is 242 g/mol. The molecule has 1 aliphatic carbocycles. The summed E-state index contributed by atoms with van der Waals surface area (Å²) < 4.78 is 5.27. The standard InChI is InChI=1S/C14H29N3O2/c1-14(2,3)19-13(18)17-12-7-5-11(6-8-12)16-10-9-15-4/h11-12,15-16H,5-10H2,1-4H3,(H,17,18). The quantitative estimate of drug-likeness (QED) is 0.665. The summed E-state index contributed by atoms with van der Waals surface area (Å²) in [5.74, 6) is 0. The van der Waals surface area contributed by atoms with Gasteiger partial charge in [-0.1, -0.05) is 0 Å². The van der Waals surface area contributed by atoms with Crippen LogP contribution in [0.25, 0.3) is 0 Å². The number of carbonyl (C=O) groups excluding carboxylic acids is 1. The molecule has 0 heterocycles. The van der Waals surface area contributed by atoms with E-state index in [9.17, 15) is 4.79 Å². The molecular formula is C14H29N3O2. The van der Waals surface area contributed by atoms with Gasteiger partial charge in [-0.05, 0) is 53.5 Å². The molecule has 1 rings (SSSR count). The molecule has 0 unspecified atom stereocenters. The van der Waals surface area contributed by atoms with Crippen molar-refractivity contribution in [3.8, 4) is 0 Å². The molecule has 0 aliphatic heterocycles. The van der Waals surface area contributed by atoms with Gasteiger partial charge in [0.1, 0.15) is 5.60 Å². The molecule has 0 aromatic carbocycles. The lowest BCUT2D eigenvalue weighted by Crippen LogP contribution is -2.44. The lowest BCUT2D eigenvalue weighted by atomic mass is 9.91. The van der Waals surface area contributed by atoms with E-state index in [0.717, 1.165) is 38.8 Å². The zero-order valence-corrected chi connectivity index (χ0v) is 12.7. The van der Waals surface area contributed by atoms with Crippen LogP contribution < -0.4 is 16.0 Å². The summed E-state index contributed by atoms with van der Waals surface area (Å²) in [5, 5.41) is 9.62. The lowest BCUT2D eigenvalue weighted by molar-refractivity contribution is 0.0490. The summed E-state index contributed by atoms with van der Waals surface area (Å²) in [6.07, 6.45) is 3.99. The molecule has 1 fully saturated rings. The van der Waals surface area contributed by atoms with Crippen molar-refractivity contribution in [2.24, 2.45) is 0 Å². The second-order valence-electron chi connectivity index (χ2n) is 6.25. The first-order chi connectivity index (χ1) is 8.90. The van der Waals surface area contributed by atoms with Gasteiger partial charge in [0.15, 0.2) is 0 Å². The number of amides is 1. The Hall–Kier alpha value is -0.810. The summed E-state index contributed by atoms with van der Waals surface area (Å²) in [7, 11) is 1.96. The maximum absolute atomic E-state index is 11.7. The average Bonchev–Trinajstić information content (AvgIpc) is 2.29. The largest absolute Gasteiger partial charge is 0.444 e. The number of carbonyl (C=O) groups is 1. The fourth-order valence-corrected chi connectivity index (χ4v) is 2.32. The van der Waals surface area contributed by atoms with Crippen molar-refractivity contribution in [3.63, 3.8) is 0 Å². The Morgan fingerprint density at radius 1 is 1.11 bits per heavy atom. The van der Waals surface area contributed by atoms with Gasteiger partial charge in [-0.25, -0.2) is 4.79 Å². The zero-order valence-electron chi connectivity index (χ0n) is 12.7. The predicted molar refractivity (Wildman–Crippen MR) is 77.3 cm³/mol. The molecule has 5 nitrogen and oxygen atoms in total. The van der Waals surface area contributed by atoms with Crippen LogP contribution in [0.3, 0.4) is 0 Å². The number of ether oxygens (including phenoxy) is 1. The fourth-order valence-electron chi connectivity index (χ4n) is 2.32. The number of likely N-dealkylation sites (N-methyl/N-ethyl adjacent to an activating group) is 1. The molecule has 1 saturated carbocycles. The monoisotopic (exact) mass is 271 g/mol. The Labute approximate surface area is 116 Å². The fraction of sp³-hybridized carbons (Fsp3) is 0.929. The molecule has 0 radical (unpaired) electrons. The van der Waals surface area contributed by atoms with Crippen molar-refractivity contribution in [1.82, 2.24) is 16.0 Å².